The van der Waals surface area contributed by atoms with Crippen molar-refractivity contribution in [1.29, 1.82) is 0 Å². The molecule has 0 amide bonds. The first-order valence-electron chi connectivity index (χ1n) is 8.34. The van der Waals surface area contributed by atoms with Crippen LogP contribution in [0.5, 0.6) is 0 Å². The molecule has 2 fully saturated rings. The van der Waals surface area contributed by atoms with E-state index in [0.717, 1.165) is 32.4 Å². The molecule has 0 radical (unpaired) electrons. The largest absolute Gasteiger partial charge is 0.389 e. The van der Waals surface area contributed by atoms with Gasteiger partial charge in [-0.2, -0.15) is 0 Å². The summed E-state index contributed by atoms with van der Waals surface area (Å²) in [6, 6.07) is 2.90. The highest BCUT2D eigenvalue weighted by molar-refractivity contribution is 7.12. The number of likely N-dealkylation sites (tertiary alicyclic amines) is 1. The number of thiophene rings is 1. The van der Waals surface area contributed by atoms with Crippen molar-refractivity contribution in [3.63, 3.8) is 0 Å². The minimum Gasteiger partial charge on any atom is -0.389 e. The van der Waals surface area contributed by atoms with Crippen LogP contribution < -0.4 is 0 Å². The molecule has 2 saturated heterocycles. The molecule has 2 unspecified atom stereocenters. The topological polar surface area (TPSA) is 41.9 Å². The third-order valence-electron chi connectivity index (χ3n) is 5.54. The maximum Gasteiger partial charge on any atom is 0.0969 e. The standard InChI is InChI=1S/C17H25NO3S/c1-11-8-17(4-5-18(11)14-9-20-10-15(14)19)13-7-12(2)22-16(13)3-6-21-17/h7,11,14-15,19H,3-6,8-10H2,1-2H3/t11-,14?,15?,17+/m0/s1. The van der Waals surface area contributed by atoms with Crippen LogP contribution in [0.25, 0.3) is 0 Å². The Morgan fingerprint density at radius 1 is 1.41 bits per heavy atom. The Bertz CT molecular complexity index is 560. The molecule has 0 aliphatic carbocycles. The predicted molar refractivity (Wildman–Crippen MR) is 86.4 cm³/mol. The van der Waals surface area contributed by atoms with E-state index in [2.05, 4.69) is 24.8 Å². The smallest absolute Gasteiger partial charge is 0.0969 e. The van der Waals surface area contributed by atoms with E-state index < -0.39 is 0 Å². The lowest BCUT2D eigenvalue weighted by molar-refractivity contribution is -0.121. The molecule has 3 aliphatic rings. The summed E-state index contributed by atoms with van der Waals surface area (Å²) >= 11 is 1.93. The third-order valence-corrected chi connectivity index (χ3v) is 6.65. The Morgan fingerprint density at radius 3 is 3.00 bits per heavy atom. The fourth-order valence-corrected chi connectivity index (χ4v) is 5.60. The molecule has 1 aromatic rings. The average molecular weight is 323 g/mol. The highest BCUT2D eigenvalue weighted by Crippen LogP contribution is 2.46. The highest BCUT2D eigenvalue weighted by atomic mass is 32.1. The number of aliphatic hydroxyl groups is 1. The van der Waals surface area contributed by atoms with Crippen molar-refractivity contribution in [2.24, 2.45) is 0 Å². The summed E-state index contributed by atoms with van der Waals surface area (Å²) in [5.74, 6) is 0. The summed E-state index contributed by atoms with van der Waals surface area (Å²) in [6.07, 6.45) is 2.74. The van der Waals surface area contributed by atoms with Crippen molar-refractivity contribution < 1.29 is 14.6 Å². The Morgan fingerprint density at radius 2 is 2.27 bits per heavy atom. The van der Waals surface area contributed by atoms with Gasteiger partial charge in [0.05, 0.1) is 37.6 Å². The Hall–Kier alpha value is -0.460. The molecule has 1 N–H and O–H groups in total. The van der Waals surface area contributed by atoms with Crippen LogP contribution in [0.1, 0.15) is 35.1 Å². The lowest BCUT2D eigenvalue weighted by Crippen LogP contribution is -2.56. The van der Waals surface area contributed by atoms with Gasteiger partial charge in [0.25, 0.3) is 0 Å². The number of nitrogens with zero attached hydrogens (tertiary/aromatic N) is 1. The van der Waals surface area contributed by atoms with Crippen LogP contribution in [0.2, 0.25) is 0 Å². The summed E-state index contributed by atoms with van der Waals surface area (Å²) < 4.78 is 11.8. The lowest BCUT2D eigenvalue weighted by atomic mass is 9.79. The van der Waals surface area contributed by atoms with Crippen molar-refractivity contribution in [2.75, 3.05) is 26.4 Å². The van der Waals surface area contributed by atoms with E-state index in [1.165, 1.54) is 15.3 Å². The van der Waals surface area contributed by atoms with Crippen LogP contribution >= 0.6 is 11.3 Å². The molecule has 122 valence electrons. The van der Waals surface area contributed by atoms with E-state index >= 15 is 0 Å². The van der Waals surface area contributed by atoms with Gasteiger partial charge < -0.3 is 14.6 Å². The molecule has 5 heteroatoms. The van der Waals surface area contributed by atoms with Crippen molar-refractivity contribution in [3.05, 3.63) is 21.4 Å². The average Bonchev–Trinajstić information content (AvgIpc) is 3.06. The summed E-state index contributed by atoms with van der Waals surface area (Å²) in [7, 11) is 0. The third kappa shape index (κ3) is 2.34. The maximum absolute atomic E-state index is 10.1. The van der Waals surface area contributed by atoms with Gasteiger partial charge in [0.15, 0.2) is 0 Å². The molecular formula is C17H25NO3S. The lowest BCUT2D eigenvalue weighted by Gasteiger charge is -2.49. The summed E-state index contributed by atoms with van der Waals surface area (Å²) in [6.45, 7) is 7.41. The normalized spacial score (nSPS) is 39.3. The van der Waals surface area contributed by atoms with Gasteiger partial charge in [-0.1, -0.05) is 0 Å². The van der Waals surface area contributed by atoms with Gasteiger partial charge in [-0.05, 0) is 38.3 Å². The highest BCUT2D eigenvalue weighted by Gasteiger charge is 2.47. The van der Waals surface area contributed by atoms with Crippen LogP contribution in [0.4, 0.5) is 0 Å². The number of aryl methyl sites for hydroxylation is 1. The van der Waals surface area contributed by atoms with Gasteiger partial charge in [0.1, 0.15) is 0 Å². The van der Waals surface area contributed by atoms with Gasteiger partial charge in [0, 0.05) is 28.8 Å². The molecule has 1 spiro atoms. The number of fused-ring (bicyclic) bond motifs is 2. The molecule has 0 bridgehead atoms. The Labute approximate surface area is 136 Å². The van der Waals surface area contributed by atoms with Crippen molar-refractivity contribution >= 4 is 11.3 Å². The van der Waals surface area contributed by atoms with Gasteiger partial charge in [-0.3, -0.25) is 4.90 Å². The molecule has 3 aliphatic heterocycles. The zero-order valence-electron chi connectivity index (χ0n) is 13.4. The fraction of sp³-hybridized carbons (Fsp3) is 0.765. The molecule has 4 rings (SSSR count). The van der Waals surface area contributed by atoms with Crippen LogP contribution in [-0.4, -0.2) is 54.6 Å². The van der Waals surface area contributed by atoms with Crippen LogP contribution in [-0.2, 0) is 21.5 Å². The second-order valence-electron chi connectivity index (χ2n) is 7.00. The first-order valence-corrected chi connectivity index (χ1v) is 9.16. The number of hydrogen-bond donors (Lipinski definition) is 1. The van der Waals surface area contributed by atoms with E-state index in [0.29, 0.717) is 19.3 Å². The monoisotopic (exact) mass is 323 g/mol. The molecule has 4 nitrogen and oxygen atoms in total. The second-order valence-corrected chi connectivity index (χ2v) is 8.34. The zero-order chi connectivity index (χ0) is 15.3. The number of piperidine rings is 1. The second kappa shape index (κ2) is 5.56. The molecule has 1 aromatic heterocycles. The molecule has 4 atom stereocenters. The molecule has 22 heavy (non-hydrogen) atoms. The Balaban J connectivity index is 1.57. The van der Waals surface area contributed by atoms with Crippen molar-refractivity contribution in [2.45, 2.75) is 56.9 Å². The maximum atomic E-state index is 10.1. The number of hydrogen-bond acceptors (Lipinski definition) is 5. The molecule has 0 saturated carbocycles. The van der Waals surface area contributed by atoms with Crippen molar-refractivity contribution in [1.82, 2.24) is 4.90 Å². The van der Waals surface area contributed by atoms with Gasteiger partial charge in [-0.15, -0.1) is 11.3 Å². The van der Waals surface area contributed by atoms with E-state index in [9.17, 15) is 5.11 Å². The number of rotatable bonds is 1. The van der Waals surface area contributed by atoms with Gasteiger partial charge in [-0.25, -0.2) is 0 Å². The Kier molecular flexibility index (Phi) is 3.82. The quantitative estimate of drug-likeness (QED) is 0.859. The van der Waals surface area contributed by atoms with Gasteiger partial charge in [0.2, 0.25) is 0 Å². The fourth-order valence-electron chi connectivity index (χ4n) is 4.49. The minimum atomic E-state index is -0.345. The minimum absolute atomic E-state index is 0.0985. The summed E-state index contributed by atoms with van der Waals surface area (Å²) in [5.41, 5.74) is 1.34. The van der Waals surface area contributed by atoms with Crippen LogP contribution in [0.3, 0.4) is 0 Å². The van der Waals surface area contributed by atoms with Gasteiger partial charge >= 0.3 is 0 Å². The molecule has 4 heterocycles. The van der Waals surface area contributed by atoms with E-state index in [1.54, 1.807) is 0 Å². The first kappa shape index (κ1) is 15.1. The molecule has 0 aromatic carbocycles. The van der Waals surface area contributed by atoms with Crippen LogP contribution in [0.15, 0.2) is 6.07 Å². The summed E-state index contributed by atoms with van der Waals surface area (Å²) in [4.78, 5) is 5.35. The van der Waals surface area contributed by atoms with Crippen LogP contribution in [0, 0.1) is 6.92 Å². The summed E-state index contributed by atoms with van der Waals surface area (Å²) in [5, 5.41) is 10.1. The van der Waals surface area contributed by atoms with E-state index in [4.69, 9.17) is 9.47 Å². The SMILES string of the molecule is Cc1cc2c(s1)CCO[C@@]21CCN(C2COCC2O)[C@@H](C)C1. The number of ether oxygens (including phenoxy) is 2. The van der Waals surface area contributed by atoms with E-state index in [1.807, 2.05) is 11.3 Å². The predicted octanol–water partition coefficient (Wildman–Crippen LogP) is 2.07. The zero-order valence-corrected chi connectivity index (χ0v) is 14.2. The number of aliphatic hydroxyl groups excluding tert-OH is 1. The first-order chi connectivity index (χ1) is 10.6. The molecular weight excluding hydrogens is 298 g/mol. The van der Waals surface area contributed by atoms with E-state index in [-0.39, 0.29) is 17.7 Å². The van der Waals surface area contributed by atoms with Crippen molar-refractivity contribution in [3.8, 4) is 0 Å².